The normalized spacial score (nSPS) is 22.5. The molecule has 0 spiro atoms. The van der Waals surface area contributed by atoms with Crippen LogP contribution in [0.4, 0.5) is 0 Å². The van der Waals surface area contributed by atoms with Crippen LogP contribution in [0, 0.1) is 3.57 Å². The number of nitrogens with zero attached hydrogens (tertiary/aromatic N) is 2. The minimum Gasteiger partial charge on any atom is -0.410 e. The topological polar surface area (TPSA) is 52.4 Å². The van der Waals surface area contributed by atoms with Gasteiger partial charge in [-0.3, -0.25) is 4.74 Å². The Kier molecular flexibility index (Phi) is 4.05. The van der Waals surface area contributed by atoms with Crippen molar-refractivity contribution in [2.75, 3.05) is 0 Å². The minimum absolute atomic E-state index is 0.588. The lowest BCUT2D eigenvalue weighted by Gasteiger charge is -2.27. The Morgan fingerprint density at radius 3 is 2.23 bits per heavy atom. The zero-order valence-corrected chi connectivity index (χ0v) is 14.4. The van der Waals surface area contributed by atoms with Crippen LogP contribution in [0.3, 0.4) is 0 Å². The van der Waals surface area contributed by atoms with Crippen molar-refractivity contribution in [3.05, 3.63) is 58.2 Å². The number of halogens is 1. The van der Waals surface area contributed by atoms with Crippen LogP contribution in [-0.2, 0) is 4.74 Å². The maximum Gasteiger partial charge on any atom is 0.510 e. The highest BCUT2D eigenvalue weighted by molar-refractivity contribution is 14.1. The molecule has 1 aliphatic heterocycles. The SMILES string of the molecule is CC1(C)N=NC(Oc2ccccc2)(Oc2ccccc2I)O1. The summed E-state index contributed by atoms with van der Waals surface area (Å²) in [5.74, 6) is 1.21. The van der Waals surface area contributed by atoms with Gasteiger partial charge in [0.05, 0.1) is 3.57 Å². The number of azo groups is 1. The van der Waals surface area contributed by atoms with Crippen LogP contribution in [0.15, 0.2) is 64.8 Å². The van der Waals surface area contributed by atoms with Gasteiger partial charge in [0.15, 0.2) is 5.72 Å². The molecule has 0 N–H and O–H groups in total. The summed E-state index contributed by atoms with van der Waals surface area (Å²) in [7, 11) is 0. The van der Waals surface area contributed by atoms with Crippen molar-refractivity contribution in [2.24, 2.45) is 10.2 Å². The zero-order valence-electron chi connectivity index (χ0n) is 12.2. The van der Waals surface area contributed by atoms with Crippen LogP contribution in [0.5, 0.6) is 11.5 Å². The smallest absolute Gasteiger partial charge is 0.410 e. The Balaban J connectivity index is 1.91. The first kappa shape index (κ1) is 15.2. The van der Waals surface area contributed by atoms with Gasteiger partial charge in [0.2, 0.25) is 0 Å². The quantitative estimate of drug-likeness (QED) is 0.548. The molecule has 0 bridgehead atoms. The Morgan fingerprint density at radius 2 is 1.59 bits per heavy atom. The molecule has 1 aliphatic rings. The minimum atomic E-state index is -1.62. The van der Waals surface area contributed by atoms with Crippen molar-refractivity contribution < 1.29 is 14.2 Å². The average molecular weight is 410 g/mol. The van der Waals surface area contributed by atoms with Crippen molar-refractivity contribution in [3.63, 3.8) is 0 Å². The molecule has 2 aromatic carbocycles. The van der Waals surface area contributed by atoms with Crippen LogP contribution < -0.4 is 9.47 Å². The summed E-state index contributed by atoms with van der Waals surface area (Å²) in [4.78, 5) is 0. The highest BCUT2D eigenvalue weighted by atomic mass is 127. The van der Waals surface area contributed by atoms with E-state index in [-0.39, 0.29) is 0 Å². The molecule has 0 fully saturated rings. The van der Waals surface area contributed by atoms with E-state index in [2.05, 4.69) is 32.8 Å². The number of hydrogen-bond acceptors (Lipinski definition) is 5. The average Bonchev–Trinajstić information content (AvgIpc) is 2.78. The number of para-hydroxylation sites is 2. The fourth-order valence-electron chi connectivity index (χ4n) is 1.95. The van der Waals surface area contributed by atoms with Gasteiger partial charge >= 0.3 is 6.10 Å². The molecule has 0 radical (unpaired) electrons. The van der Waals surface area contributed by atoms with Gasteiger partial charge in [-0.05, 0) is 60.7 Å². The molecule has 1 unspecified atom stereocenters. The standard InChI is InChI=1S/C16H15IN2O3/c1-15(2)18-19-16(22-15,20-12-8-4-3-5-9-12)21-14-11-7-6-10-13(14)17/h3-11H,1-2H3. The third-order valence-electron chi connectivity index (χ3n) is 2.86. The summed E-state index contributed by atoms with van der Waals surface area (Å²) in [6, 6.07) is 16.8. The van der Waals surface area contributed by atoms with Gasteiger partial charge in [-0.15, -0.1) is 5.11 Å². The summed E-state index contributed by atoms with van der Waals surface area (Å²) in [5, 5.41) is 8.20. The van der Waals surface area contributed by atoms with E-state index in [0.29, 0.717) is 11.5 Å². The fraction of sp³-hybridized carbons (Fsp3) is 0.250. The van der Waals surface area contributed by atoms with E-state index in [0.717, 1.165) is 3.57 Å². The second kappa shape index (κ2) is 5.85. The summed E-state index contributed by atoms with van der Waals surface area (Å²) >= 11 is 2.18. The maximum absolute atomic E-state index is 5.92. The summed E-state index contributed by atoms with van der Waals surface area (Å²) in [6.45, 7) is 3.60. The Labute approximate surface area is 142 Å². The molecule has 2 aromatic rings. The monoisotopic (exact) mass is 410 g/mol. The molecule has 1 atom stereocenters. The predicted octanol–water partition coefficient (Wildman–Crippen LogP) is 4.58. The summed E-state index contributed by atoms with van der Waals surface area (Å²) in [6.07, 6.45) is -1.62. The van der Waals surface area contributed by atoms with Gasteiger partial charge in [-0.25, -0.2) is 0 Å². The summed E-state index contributed by atoms with van der Waals surface area (Å²) in [5.41, 5.74) is -0.811. The highest BCUT2D eigenvalue weighted by Crippen LogP contribution is 2.36. The van der Waals surface area contributed by atoms with Crippen LogP contribution in [0.1, 0.15) is 13.8 Å². The van der Waals surface area contributed by atoms with Crippen molar-refractivity contribution in [1.82, 2.24) is 0 Å². The molecule has 0 amide bonds. The van der Waals surface area contributed by atoms with Gasteiger partial charge in [0.25, 0.3) is 0 Å². The largest absolute Gasteiger partial charge is 0.510 e. The maximum atomic E-state index is 5.92. The van der Waals surface area contributed by atoms with Crippen LogP contribution in [-0.4, -0.2) is 11.8 Å². The number of ether oxygens (including phenoxy) is 3. The second-order valence-electron chi connectivity index (χ2n) is 5.22. The van der Waals surface area contributed by atoms with E-state index in [9.17, 15) is 0 Å². The molecule has 6 heteroatoms. The third-order valence-corrected chi connectivity index (χ3v) is 3.75. The Bertz CT molecular complexity index is 691. The van der Waals surface area contributed by atoms with Crippen LogP contribution in [0.25, 0.3) is 0 Å². The van der Waals surface area contributed by atoms with Gasteiger partial charge in [-0.2, -0.15) is 0 Å². The molecule has 3 rings (SSSR count). The molecule has 22 heavy (non-hydrogen) atoms. The van der Waals surface area contributed by atoms with Crippen LogP contribution in [0.2, 0.25) is 0 Å². The van der Waals surface area contributed by atoms with Gasteiger partial charge in [0.1, 0.15) is 11.5 Å². The van der Waals surface area contributed by atoms with E-state index in [4.69, 9.17) is 14.2 Å². The third kappa shape index (κ3) is 3.38. The lowest BCUT2D eigenvalue weighted by molar-refractivity contribution is -0.310. The molecule has 0 saturated heterocycles. The molecule has 5 nitrogen and oxygen atoms in total. The molecule has 0 saturated carbocycles. The molecule has 114 valence electrons. The van der Waals surface area contributed by atoms with Crippen molar-refractivity contribution >= 4 is 22.6 Å². The highest BCUT2D eigenvalue weighted by Gasteiger charge is 2.49. The number of hydrogen-bond donors (Lipinski definition) is 0. The van der Waals surface area contributed by atoms with E-state index in [1.54, 1.807) is 13.8 Å². The zero-order chi connectivity index (χ0) is 15.6. The van der Waals surface area contributed by atoms with E-state index < -0.39 is 11.8 Å². The van der Waals surface area contributed by atoms with E-state index in [1.165, 1.54) is 0 Å². The first-order chi connectivity index (χ1) is 10.5. The first-order valence-corrected chi connectivity index (χ1v) is 7.88. The fourth-order valence-corrected chi connectivity index (χ4v) is 2.44. The van der Waals surface area contributed by atoms with Crippen molar-refractivity contribution in [3.8, 4) is 11.5 Å². The van der Waals surface area contributed by atoms with Crippen molar-refractivity contribution in [2.45, 2.75) is 25.7 Å². The summed E-state index contributed by atoms with van der Waals surface area (Å²) < 4.78 is 18.5. The van der Waals surface area contributed by atoms with Gasteiger partial charge < -0.3 is 9.47 Å². The number of benzene rings is 2. The predicted molar refractivity (Wildman–Crippen MR) is 89.6 cm³/mol. The molecule has 0 aliphatic carbocycles. The van der Waals surface area contributed by atoms with E-state index in [1.807, 2.05) is 54.6 Å². The van der Waals surface area contributed by atoms with Crippen molar-refractivity contribution in [1.29, 1.82) is 0 Å². The Hall–Kier alpha value is -1.67. The molecular formula is C16H15IN2O3. The molecule has 1 heterocycles. The Morgan fingerprint density at radius 1 is 0.909 bits per heavy atom. The lowest BCUT2D eigenvalue weighted by Crippen LogP contribution is -2.44. The molecular weight excluding hydrogens is 395 g/mol. The van der Waals surface area contributed by atoms with Gasteiger partial charge in [-0.1, -0.05) is 35.4 Å². The van der Waals surface area contributed by atoms with Gasteiger partial charge in [0, 0.05) is 0 Å². The lowest BCUT2D eigenvalue weighted by atomic mass is 10.3. The first-order valence-electron chi connectivity index (χ1n) is 6.80. The van der Waals surface area contributed by atoms with Crippen LogP contribution >= 0.6 is 22.6 Å². The number of rotatable bonds is 4. The second-order valence-corrected chi connectivity index (χ2v) is 6.38. The van der Waals surface area contributed by atoms with E-state index >= 15 is 0 Å². The molecule has 0 aromatic heterocycles.